The predicted molar refractivity (Wildman–Crippen MR) is 84.6 cm³/mol. The molecular formula is C19H15Cl2NTi. The summed E-state index contributed by atoms with van der Waals surface area (Å²) in [6, 6.07) is 16.4. The van der Waals surface area contributed by atoms with Gasteiger partial charge in [-0.25, -0.2) is 0 Å². The second kappa shape index (κ2) is 9.80. The van der Waals surface area contributed by atoms with Crippen LogP contribution in [0.5, 0.6) is 0 Å². The van der Waals surface area contributed by atoms with Crippen LogP contribution in [-0.2, 0) is 21.7 Å². The minimum atomic E-state index is 0. The van der Waals surface area contributed by atoms with Crippen molar-refractivity contribution in [1.29, 1.82) is 0 Å². The molecule has 3 aromatic rings. The van der Waals surface area contributed by atoms with E-state index < -0.39 is 0 Å². The van der Waals surface area contributed by atoms with Crippen molar-refractivity contribution < 1.29 is 46.5 Å². The van der Waals surface area contributed by atoms with E-state index in [1.807, 2.05) is 36.4 Å². The molecule has 0 saturated heterocycles. The number of rotatable bonds is 0. The molecule has 1 N–H and O–H groups in total. The van der Waals surface area contributed by atoms with E-state index in [0.717, 1.165) is 10.8 Å². The van der Waals surface area contributed by atoms with Crippen molar-refractivity contribution >= 4 is 23.1 Å². The number of aromatic nitrogens is 1. The number of aryl methyl sites for hydroxylation is 1. The summed E-state index contributed by atoms with van der Waals surface area (Å²) in [5, 5.41) is 3.66. The molecule has 114 valence electrons. The fourth-order valence-electron chi connectivity index (χ4n) is 2.28. The maximum atomic E-state index is 3.80. The first kappa shape index (κ1) is 21.8. The van der Waals surface area contributed by atoms with Crippen molar-refractivity contribution in [1.82, 2.24) is 4.98 Å². The molecule has 0 saturated carbocycles. The average molecular weight is 376 g/mol. The van der Waals surface area contributed by atoms with Crippen LogP contribution in [0.1, 0.15) is 5.56 Å². The van der Waals surface area contributed by atoms with E-state index in [0.29, 0.717) is 0 Å². The molecular weight excluding hydrogens is 361 g/mol. The van der Waals surface area contributed by atoms with Gasteiger partial charge < -0.3 is 29.8 Å². The number of hydrogen-bond donors (Lipinski definition) is 1. The van der Waals surface area contributed by atoms with E-state index in [1.54, 1.807) is 0 Å². The van der Waals surface area contributed by atoms with Gasteiger partial charge in [-0.1, -0.05) is 37.3 Å². The van der Waals surface area contributed by atoms with Gasteiger partial charge in [-0.3, -0.25) is 0 Å². The Labute approximate surface area is 163 Å². The van der Waals surface area contributed by atoms with Crippen LogP contribution in [0.2, 0.25) is 0 Å². The number of halogens is 2. The Balaban J connectivity index is 0.000000372. The molecule has 0 atom stereocenters. The second-order valence-electron chi connectivity index (χ2n) is 4.80. The largest absolute Gasteiger partial charge is 4.00 e. The van der Waals surface area contributed by atoms with Crippen LogP contribution in [0.3, 0.4) is 0 Å². The zero-order valence-corrected chi connectivity index (χ0v) is 15.7. The molecule has 2 aromatic carbocycles. The molecule has 0 radical (unpaired) electrons. The number of aromatic amines is 1. The molecule has 1 aliphatic rings. The molecule has 1 aromatic heterocycles. The van der Waals surface area contributed by atoms with Gasteiger partial charge in [0, 0.05) is 0 Å². The normalized spacial score (nSPS) is 10.6. The molecule has 0 amide bonds. The summed E-state index contributed by atoms with van der Waals surface area (Å²) in [7, 11) is 0. The van der Waals surface area contributed by atoms with Gasteiger partial charge in [-0.05, 0) is 0 Å². The van der Waals surface area contributed by atoms with E-state index in [1.165, 1.54) is 21.7 Å². The van der Waals surface area contributed by atoms with E-state index in [9.17, 15) is 0 Å². The first-order chi connectivity index (χ1) is 9.74. The fourth-order valence-corrected chi connectivity index (χ4v) is 2.28. The summed E-state index contributed by atoms with van der Waals surface area (Å²) in [6.07, 6.45) is 8.24. The third kappa shape index (κ3) is 5.12. The average Bonchev–Trinajstić information content (AvgIpc) is 3.02. The SMILES string of the molecule is C=C1[C-]=c2ccccc2=C1.Cc1[c-][nH]c2ccccc12.[Cl-].[Cl-].[Ti+4]. The van der Waals surface area contributed by atoms with E-state index in [4.69, 9.17) is 0 Å². The monoisotopic (exact) mass is 375 g/mol. The number of fused-ring (bicyclic) bond motifs is 2. The Kier molecular flexibility index (Phi) is 9.26. The van der Waals surface area contributed by atoms with Crippen LogP contribution in [0.4, 0.5) is 0 Å². The van der Waals surface area contributed by atoms with Crippen LogP contribution in [0, 0.1) is 13.1 Å². The molecule has 0 aliphatic heterocycles. The quantitative estimate of drug-likeness (QED) is 0.318. The van der Waals surface area contributed by atoms with Crippen LogP contribution in [-0.4, -0.2) is 4.98 Å². The van der Waals surface area contributed by atoms with Gasteiger partial charge in [0.2, 0.25) is 0 Å². The van der Waals surface area contributed by atoms with Gasteiger partial charge in [0.05, 0.1) is 0 Å². The summed E-state index contributed by atoms with van der Waals surface area (Å²) in [5.41, 5.74) is 3.33. The summed E-state index contributed by atoms with van der Waals surface area (Å²) in [5.74, 6) is 0. The van der Waals surface area contributed by atoms with Crippen molar-refractivity contribution in [3.63, 3.8) is 0 Å². The summed E-state index contributed by atoms with van der Waals surface area (Å²) in [6.45, 7) is 5.86. The van der Waals surface area contributed by atoms with E-state index in [-0.39, 0.29) is 46.5 Å². The van der Waals surface area contributed by atoms with Crippen LogP contribution in [0.25, 0.3) is 23.1 Å². The number of para-hydroxylation sites is 1. The van der Waals surface area contributed by atoms with Crippen molar-refractivity contribution in [2.75, 3.05) is 0 Å². The van der Waals surface area contributed by atoms with E-state index in [2.05, 4.69) is 49.0 Å². The molecule has 0 fully saturated rings. The van der Waals surface area contributed by atoms with Crippen LogP contribution >= 0.6 is 0 Å². The van der Waals surface area contributed by atoms with Crippen molar-refractivity contribution in [3.05, 3.63) is 82.9 Å². The number of allylic oxidation sites excluding steroid dienone is 1. The Bertz CT molecular complexity index is 860. The van der Waals surface area contributed by atoms with Gasteiger partial charge in [0.15, 0.2) is 0 Å². The molecule has 0 unspecified atom stereocenters. The summed E-state index contributed by atoms with van der Waals surface area (Å²) in [4.78, 5) is 3.06. The second-order valence-corrected chi connectivity index (χ2v) is 4.80. The molecule has 23 heavy (non-hydrogen) atoms. The Morgan fingerprint density at radius 3 is 2.30 bits per heavy atom. The number of benzene rings is 2. The number of H-pyrrole nitrogens is 1. The molecule has 0 spiro atoms. The van der Waals surface area contributed by atoms with Gasteiger partial charge in [-0.15, -0.1) is 58.1 Å². The Hall–Kier alpha value is -1.25. The van der Waals surface area contributed by atoms with Crippen LogP contribution in [0.15, 0.2) is 60.7 Å². The van der Waals surface area contributed by atoms with Gasteiger partial charge in [-0.2, -0.15) is 17.5 Å². The minimum absolute atomic E-state index is 0. The Morgan fingerprint density at radius 2 is 1.61 bits per heavy atom. The zero-order valence-electron chi connectivity index (χ0n) is 12.7. The first-order valence-corrected chi connectivity index (χ1v) is 6.59. The van der Waals surface area contributed by atoms with Crippen molar-refractivity contribution in [2.45, 2.75) is 6.92 Å². The molecule has 4 heteroatoms. The third-order valence-electron chi connectivity index (χ3n) is 3.30. The van der Waals surface area contributed by atoms with Gasteiger partial charge in [0.1, 0.15) is 0 Å². The van der Waals surface area contributed by atoms with Gasteiger partial charge >= 0.3 is 21.7 Å². The Morgan fingerprint density at radius 1 is 0.957 bits per heavy atom. The smallest absolute Gasteiger partial charge is 1.00 e. The van der Waals surface area contributed by atoms with E-state index >= 15 is 0 Å². The molecule has 1 heterocycles. The molecule has 1 aliphatic carbocycles. The summed E-state index contributed by atoms with van der Waals surface area (Å²) >= 11 is 0. The first-order valence-electron chi connectivity index (χ1n) is 6.59. The third-order valence-corrected chi connectivity index (χ3v) is 3.30. The minimum Gasteiger partial charge on any atom is -1.00 e. The van der Waals surface area contributed by atoms with Crippen molar-refractivity contribution in [2.24, 2.45) is 0 Å². The molecule has 4 rings (SSSR count). The maximum absolute atomic E-state index is 3.80. The summed E-state index contributed by atoms with van der Waals surface area (Å²) < 4.78 is 0. The number of nitrogens with one attached hydrogen (secondary N) is 1. The van der Waals surface area contributed by atoms with Crippen LogP contribution < -0.4 is 35.3 Å². The number of hydrogen-bond acceptors (Lipinski definition) is 0. The zero-order chi connectivity index (χ0) is 13.9. The topological polar surface area (TPSA) is 15.8 Å². The molecule has 1 nitrogen and oxygen atoms in total. The van der Waals surface area contributed by atoms with Gasteiger partial charge in [0.25, 0.3) is 0 Å². The predicted octanol–water partition coefficient (Wildman–Crippen LogP) is -3.02. The maximum Gasteiger partial charge on any atom is 4.00 e. The molecule has 0 bridgehead atoms. The van der Waals surface area contributed by atoms with Crippen molar-refractivity contribution in [3.8, 4) is 0 Å². The fraction of sp³-hybridized carbons (Fsp3) is 0.0526. The standard InChI is InChI=1S/C10H7.C9H8N.2ClH.Ti/c1-8-6-9-4-2-3-5-10(9)7-8;1-7-6-10-9-5-3-2-4-8(7)9;;;/h2-6H,1H2;2-5,10H,1H3;2*1H;/q2*-1;;;+4/p-2.